The Balaban J connectivity index is 1.70. The number of nitrogens with zero attached hydrogens (tertiary/aromatic N) is 1. The van der Waals surface area contributed by atoms with Gasteiger partial charge >= 0.3 is 0 Å². The molecule has 0 aliphatic heterocycles. The van der Waals surface area contributed by atoms with Gasteiger partial charge in [0.05, 0.1) is 15.6 Å². The largest absolute Gasteiger partial charge is 0.326 e. The Kier molecular flexibility index (Phi) is 7.35. The fraction of sp³-hybridized carbons (Fsp3) is 0.364. The van der Waals surface area contributed by atoms with Crippen LogP contribution >= 0.6 is 11.6 Å². The van der Waals surface area contributed by atoms with Gasteiger partial charge in [-0.05, 0) is 55.3 Å². The topological polar surface area (TPSA) is 95.6 Å². The van der Waals surface area contributed by atoms with E-state index in [4.69, 9.17) is 11.6 Å². The molecule has 1 fully saturated rings. The fourth-order valence-corrected chi connectivity index (χ4v) is 5.32. The summed E-state index contributed by atoms with van der Waals surface area (Å²) in [5.74, 6) is -0.643. The first kappa shape index (κ1) is 23.2. The number of hydrogen-bond acceptors (Lipinski definition) is 4. The second-order valence-corrected chi connectivity index (χ2v) is 10.1. The zero-order valence-electron chi connectivity index (χ0n) is 17.5. The number of halogens is 1. The van der Waals surface area contributed by atoms with E-state index in [1.807, 2.05) is 0 Å². The molecule has 1 aliphatic rings. The van der Waals surface area contributed by atoms with Crippen LogP contribution in [0.25, 0.3) is 0 Å². The molecule has 0 heterocycles. The molecule has 1 aliphatic carbocycles. The van der Waals surface area contributed by atoms with E-state index in [2.05, 4.69) is 10.6 Å². The molecule has 3 rings (SSSR count). The third kappa shape index (κ3) is 5.64. The van der Waals surface area contributed by atoms with Crippen molar-refractivity contribution in [1.82, 2.24) is 4.31 Å². The summed E-state index contributed by atoms with van der Waals surface area (Å²) in [6, 6.07) is 10.6. The van der Waals surface area contributed by atoms with Crippen LogP contribution in [0.1, 0.15) is 49.4 Å². The highest BCUT2D eigenvalue weighted by Crippen LogP contribution is 2.28. The van der Waals surface area contributed by atoms with Gasteiger partial charge in [0.15, 0.2) is 0 Å². The molecule has 2 aromatic carbocycles. The number of carbonyl (C=O) groups is 2. The van der Waals surface area contributed by atoms with Crippen molar-refractivity contribution in [1.29, 1.82) is 0 Å². The quantitative estimate of drug-likeness (QED) is 0.659. The van der Waals surface area contributed by atoms with Crippen LogP contribution in [0.5, 0.6) is 0 Å². The van der Waals surface area contributed by atoms with Crippen LogP contribution in [-0.2, 0) is 14.8 Å². The van der Waals surface area contributed by atoms with Gasteiger partial charge in [0, 0.05) is 31.3 Å². The molecular formula is C22H26ClN3O4S. The monoisotopic (exact) mass is 463 g/mol. The molecule has 9 heteroatoms. The number of sulfonamides is 1. The molecule has 0 unspecified atom stereocenters. The number of carbonyl (C=O) groups excluding carboxylic acids is 2. The summed E-state index contributed by atoms with van der Waals surface area (Å²) < 4.78 is 27.3. The molecule has 166 valence electrons. The average molecular weight is 464 g/mol. The maximum absolute atomic E-state index is 12.9. The maximum atomic E-state index is 12.9. The summed E-state index contributed by atoms with van der Waals surface area (Å²) in [6.07, 6.45) is 4.97. The van der Waals surface area contributed by atoms with Crippen LogP contribution in [0.4, 0.5) is 11.4 Å². The van der Waals surface area contributed by atoms with Crippen molar-refractivity contribution in [2.45, 2.75) is 50.0 Å². The Morgan fingerprint density at radius 3 is 2.23 bits per heavy atom. The predicted molar refractivity (Wildman–Crippen MR) is 122 cm³/mol. The third-order valence-corrected chi connectivity index (χ3v) is 7.66. The van der Waals surface area contributed by atoms with Crippen LogP contribution in [0, 0.1) is 0 Å². The summed E-state index contributed by atoms with van der Waals surface area (Å²) in [4.78, 5) is 23.9. The highest BCUT2D eigenvalue weighted by molar-refractivity contribution is 7.89. The van der Waals surface area contributed by atoms with Gasteiger partial charge in [-0.3, -0.25) is 9.59 Å². The Morgan fingerprint density at radius 1 is 1.00 bits per heavy atom. The first-order valence-electron chi connectivity index (χ1n) is 10.1. The molecule has 2 aromatic rings. The van der Waals surface area contributed by atoms with E-state index in [1.54, 1.807) is 19.2 Å². The van der Waals surface area contributed by atoms with Gasteiger partial charge in [-0.2, -0.15) is 4.31 Å². The predicted octanol–water partition coefficient (Wildman–Crippen LogP) is 4.50. The molecule has 2 N–H and O–H groups in total. The smallest absolute Gasteiger partial charge is 0.255 e. The van der Waals surface area contributed by atoms with Gasteiger partial charge in [0.2, 0.25) is 15.9 Å². The van der Waals surface area contributed by atoms with E-state index < -0.39 is 15.9 Å². The Morgan fingerprint density at radius 2 is 1.65 bits per heavy atom. The molecule has 7 nitrogen and oxygen atoms in total. The summed E-state index contributed by atoms with van der Waals surface area (Å²) in [5.41, 5.74) is 1.21. The van der Waals surface area contributed by atoms with Gasteiger partial charge in [0.25, 0.3) is 5.91 Å². The summed E-state index contributed by atoms with van der Waals surface area (Å²) >= 11 is 6.19. The van der Waals surface area contributed by atoms with Gasteiger partial charge < -0.3 is 10.6 Å². The highest BCUT2D eigenvalue weighted by Gasteiger charge is 2.29. The van der Waals surface area contributed by atoms with Crippen LogP contribution in [0.3, 0.4) is 0 Å². The molecule has 0 aromatic heterocycles. The second-order valence-electron chi connectivity index (χ2n) is 7.67. The van der Waals surface area contributed by atoms with Gasteiger partial charge in [-0.15, -0.1) is 0 Å². The lowest BCUT2D eigenvalue weighted by molar-refractivity contribution is -0.114. The minimum Gasteiger partial charge on any atom is -0.326 e. The van der Waals surface area contributed by atoms with E-state index in [9.17, 15) is 18.0 Å². The fourth-order valence-electron chi connectivity index (χ4n) is 3.68. The molecule has 0 atom stereocenters. The normalized spacial score (nSPS) is 15.0. The Bertz CT molecular complexity index is 1060. The minimum atomic E-state index is -3.62. The van der Waals surface area contributed by atoms with Crippen molar-refractivity contribution in [2.24, 2.45) is 0 Å². The van der Waals surface area contributed by atoms with Crippen LogP contribution < -0.4 is 10.6 Å². The Hall–Kier alpha value is -2.42. The number of anilines is 2. The molecule has 0 spiro atoms. The molecule has 31 heavy (non-hydrogen) atoms. The van der Waals surface area contributed by atoms with E-state index in [-0.39, 0.29) is 21.9 Å². The zero-order valence-corrected chi connectivity index (χ0v) is 19.1. The standard InChI is InChI=1S/C22H26ClN3O4S/c1-15(27)24-17-10-13-21(20(23)14-17)25-22(28)16-8-11-19(12-9-16)31(29,30)26(2)18-6-4-3-5-7-18/h8-14,18H,3-7H2,1-2H3,(H,24,27)(H,25,28). The van der Waals surface area contributed by atoms with Gasteiger partial charge in [0.1, 0.15) is 0 Å². The van der Waals surface area contributed by atoms with Crippen LogP contribution in [0.15, 0.2) is 47.4 Å². The van der Waals surface area contributed by atoms with Gasteiger partial charge in [-0.25, -0.2) is 8.42 Å². The SMILES string of the molecule is CC(=O)Nc1ccc(NC(=O)c2ccc(S(=O)(=O)N(C)C3CCCCC3)cc2)c(Cl)c1. The first-order chi connectivity index (χ1) is 14.7. The van der Waals surface area contributed by atoms with Crippen molar-refractivity contribution in [3.8, 4) is 0 Å². The summed E-state index contributed by atoms with van der Waals surface area (Å²) in [5, 5.41) is 5.58. The number of amides is 2. The third-order valence-electron chi connectivity index (χ3n) is 5.42. The minimum absolute atomic E-state index is 0.0179. The molecule has 0 saturated heterocycles. The van der Waals surface area contributed by atoms with Crippen molar-refractivity contribution < 1.29 is 18.0 Å². The first-order valence-corrected chi connectivity index (χ1v) is 12.0. The average Bonchev–Trinajstić information content (AvgIpc) is 2.75. The van der Waals surface area contributed by atoms with E-state index in [0.29, 0.717) is 16.9 Å². The number of benzene rings is 2. The molecular weight excluding hydrogens is 438 g/mol. The maximum Gasteiger partial charge on any atom is 0.255 e. The summed E-state index contributed by atoms with van der Waals surface area (Å²) in [7, 11) is -1.99. The number of hydrogen-bond donors (Lipinski definition) is 2. The van der Waals surface area contributed by atoms with E-state index in [1.165, 1.54) is 41.6 Å². The lowest BCUT2D eigenvalue weighted by atomic mass is 9.96. The van der Waals surface area contributed by atoms with Crippen molar-refractivity contribution in [3.05, 3.63) is 53.1 Å². The summed E-state index contributed by atoms with van der Waals surface area (Å²) in [6.45, 7) is 1.39. The van der Waals surface area contributed by atoms with Crippen molar-refractivity contribution in [2.75, 3.05) is 17.7 Å². The molecule has 1 saturated carbocycles. The van der Waals surface area contributed by atoms with Crippen molar-refractivity contribution >= 4 is 44.8 Å². The Labute approximate surface area is 187 Å². The van der Waals surface area contributed by atoms with Gasteiger partial charge in [-0.1, -0.05) is 30.9 Å². The zero-order chi connectivity index (χ0) is 22.6. The van der Waals surface area contributed by atoms with E-state index in [0.717, 1.165) is 32.1 Å². The second kappa shape index (κ2) is 9.80. The lowest BCUT2D eigenvalue weighted by Crippen LogP contribution is -2.38. The van der Waals surface area contributed by atoms with Crippen molar-refractivity contribution in [3.63, 3.8) is 0 Å². The van der Waals surface area contributed by atoms with E-state index >= 15 is 0 Å². The number of rotatable bonds is 6. The molecule has 0 radical (unpaired) electrons. The number of nitrogens with one attached hydrogen (secondary N) is 2. The molecule has 0 bridgehead atoms. The molecule has 2 amide bonds. The van der Waals surface area contributed by atoms with Crippen LogP contribution in [0.2, 0.25) is 5.02 Å². The lowest BCUT2D eigenvalue weighted by Gasteiger charge is -2.30. The highest BCUT2D eigenvalue weighted by atomic mass is 35.5. The van der Waals surface area contributed by atoms with Crippen LogP contribution in [-0.4, -0.2) is 37.6 Å².